The van der Waals surface area contributed by atoms with E-state index in [1.165, 1.54) is 180 Å². The normalized spacial score (nSPS) is 11.8. The summed E-state index contributed by atoms with van der Waals surface area (Å²) in [6, 6.07) is 0. The highest BCUT2D eigenvalue weighted by atomic mass is 16.5. The van der Waals surface area contributed by atoms with Crippen LogP contribution in [0.4, 0.5) is 0 Å². The fraction of sp³-hybridized carbons (Fsp3) is 0.907. The summed E-state index contributed by atoms with van der Waals surface area (Å²) in [7, 11) is 1.53. The molecule has 0 rings (SSSR count). The van der Waals surface area contributed by atoms with E-state index in [0.29, 0.717) is 13.0 Å². The number of carbonyl (C=O) groups excluding carboxylic acids is 1. The van der Waals surface area contributed by atoms with Crippen molar-refractivity contribution in [2.75, 3.05) is 13.7 Å². The van der Waals surface area contributed by atoms with E-state index in [1.54, 1.807) is 0 Å². The summed E-state index contributed by atoms with van der Waals surface area (Å²) in [5, 5.41) is 17.3. The Labute approximate surface area is 299 Å². The summed E-state index contributed by atoms with van der Waals surface area (Å²) in [6.45, 7) is 4.86. The molecule has 5 heteroatoms. The highest BCUT2D eigenvalue weighted by molar-refractivity contribution is 5.72. The van der Waals surface area contributed by atoms with Gasteiger partial charge in [0, 0.05) is 13.0 Å². The van der Waals surface area contributed by atoms with Crippen LogP contribution >= 0.6 is 0 Å². The Hall–Kier alpha value is -1.36. The van der Waals surface area contributed by atoms with Crippen LogP contribution in [0.1, 0.15) is 232 Å². The largest absolute Gasteiger partial charge is 0.481 e. The van der Waals surface area contributed by atoms with Crippen LogP contribution in [0.15, 0.2) is 12.2 Å². The fourth-order valence-electron chi connectivity index (χ4n) is 6.34. The van der Waals surface area contributed by atoms with Crippen molar-refractivity contribution in [3.05, 3.63) is 12.2 Å². The lowest BCUT2D eigenvalue weighted by Crippen LogP contribution is -2.16. The van der Waals surface area contributed by atoms with Gasteiger partial charge in [0.05, 0.1) is 13.0 Å². The van der Waals surface area contributed by atoms with Gasteiger partial charge in [-0.25, -0.2) is 0 Å². The van der Waals surface area contributed by atoms with Gasteiger partial charge in [0.2, 0.25) is 0 Å². The van der Waals surface area contributed by atoms with Crippen LogP contribution in [0.2, 0.25) is 0 Å². The van der Waals surface area contributed by atoms with Crippen LogP contribution in [0, 0.1) is 5.92 Å². The average molecular weight is 681 g/mol. The quantitative estimate of drug-likeness (QED) is 0.0387. The van der Waals surface area contributed by atoms with Crippen LogP contribution in [0.5, 0.6) is 0 Å². The van der Waals surface area contributed by atoms with E-state index in [2.05, 4.69) is 26.0 Å². The molecule has 0 fully saturated rings. The second kappa shape index (κ2) is 43.7. The van der Waals surface area contributed by atoms with Crippen molar-refractivity contribution < 1.29 is 24.5 Å². The smallest absolute Gasteiger partial charge is 0.308 e. The lowest BCUT2D eigenvalue weighted by Gasteiger charge is -2.14. The van der Waals surface area contributed by atoms with E-state index in [9.17, 15) is 9.59 Å². The number of allylic oxidation sites excluding steroid dienone is 2. The zero-order valence-electron chi connectivity index (χ0n) is 32.6. The molecule has 0 aliphatic heterocycles. The zero-order chi connectivity index (χ0) is 35.6. The molecule has 0 amide bonds. The average Bonchev–Trinajstić information content (AvgIpc) is 3.09. The van der Waals surface area contributed by atoms with E-state index in [1.807, 2.05) is 0 Å². The fourth-order valence-corrected chi connectivity index (χ4v) is 6.34. The first-order valence-corrected chi connectivity index (χ1v) is 21.1. The van der Waals surface area contributed by atoms with Crippen molar-refractivity contribution in [2.24, 2.45) is 5.92 Å². The highest BCUT2D eigenvalue weighted by Gasteiger charge is 2.18. The number of methoxy groups -OCH3 is 1. The number of carboxylic acids is 1. The van der Waals surface area contributed by atoms with Crippen LogP contribution in [0.3, 0.4) is 0 Å². The molecule has 0 spiro atoms. The SMILES string of the molecule is CCCCCCCC/C=C\CCCCCCCC(=O)O.CCCCCCCCCCC(CCCCCCCCCCCCO)C(=O)OC. The van der Waals surface area contributed by atoms with Gasteiger partial charge in [-0.1, -0.05) is 187 Å². The predicted molar refractivity (Wildman–Crippen MR) is 208 cm³/mol. The molecular formula is C43H84O5. The molecule has 0 aromatic heterocycles. The van der Waals surface area contributed by atoms with Gasteiger partial charge in [0.25, 0.3) is 0 Å². The number of carboxylic acid groups (broad SMARTS) is 1. The first-order chi connectivity index (χ1) is 23.5. The molecule has 0 saturated carbocycles. The minimum absolute atomic E-state index is 0.00539. The number of aliphatic carboxylic acids is 1. The number of carbonyl (C=O) groups is 2. The minimum atomic E-state index is -0.664. The molecule has 0 aromatic carbocycles. The van der Waals surface area contributed by atoms with Gasteiger partial charge in [0.1, 0.15) is 0 Å². The van der Waals surface area contributed by atoms with E-state index in [0.717, 1.165) is 38.5 Å². The van der Waals surface area contributed by atoms with Crippen LogP contribution in [0.25, 0.3) is 0 Å². The van der Waals surface area contributed by atoms with Gasteiger partial charge in [-0.3, -0.25) is 9.59 Å². The standard InChI is InChI=1S/C25H50O3.C18H34O2/c1-3-4-5-6-7-12-15-18-21-24(25(27)28-2)22-19-16-13-10-8-9-11-14-17-20-23-26;1-2-3-4-5-6-7-8-9-10-11-12-13-14-15-16-17-18(19)20/h24,26H,3-23H2,1-2H3;9-10H,2-8,11-17H2,1H3,(H,19,20)/b;10-9-. The minimum Gasteiger partial charge on any atom is -0.481 e. The second-order valence-electron chi connectivity index (χ2n) is 14.3. The van der Waals surface area contributed by atoms with Crippen molar-refractivity contribution in [1.29, 1.82) is 0 Å². The number of esters is 1. The summed E-state index contributed by atoms with van der Waals surface area (Å²) in [6.07, 6.45) is 46.2. The molecule has 0 saturated heterocycles. The molecule has 1 unspecified atom stereocenters. The molecule has 286 valence electrons. The summed E-state index contributed by atoms with van der Waals surface area (Å²) in [5.41, 5.74) is 0. The third kappa shape index (κ3) is 42.7. The van der Waals surface area contributed by atoms with E-state index in [4.69, 9.17) is 14.9 Å². The maximum Gasteiger partial charge on any atom is 0.308 e. The van der Waals surface area contributed by atoms with Gasteiger partial charge in [-0.05, 0) is 51.4 Å². The lowest BCUT2D eigenvalue weighted by atomic mass is 9.94. The number of ether oxygens (including phenoxy) is 1. The Balaban J connectivity index is 0. The van der Waals surface area contributed by atoms with Gasteiger partial charge >= 0.3 is 11.9 Å². The van der Waals surface area contributed by atoms with Crippen LogP contribution in [-0.4, -0.2) is 35.9 Å². The molecule has 0 radical (unpaired) electrons. The number of hydrogen-bond donors (Lipinski definition) is 2. The van der Waals surface area contributed by atoms with Gasteiger partial charge in [0.15, 0.2) is 0 Å². The number of aliphatic hydroxyl groups is 1. The molecule has 0 aliphatic rings. The Bertz CT molecular complexity index is 662. The Morgan fingerprint density at radius 2 is 0.833 bits per heavy atom. The molecule has 1 atom stereocenters. The van der Waals surface area contributed by atoms with Crippen molar-refractivity contribution in [3.63, 3.8) is 0 Å². The molecule has 0 heterocycles. The predicted octanol–water partition coefficient (Wildman–Crippen LogP) is 13.7. The number of aliphatic hydroxyl groups excluding tert-OH is 1. The summed E-state index contributed by atoms with van der Waals surface area (Å²) in [4.78, 5) is 22.3. The lowest BCUT2D eigenvalue weighted by molar-refractivity contribution is -0.146. The molecule has 5 nitrogen and oxygen atoms in total. The molecule has 0 aliphatic carbocycles. The topological polar surface area (TPSA) is 83.8 Å². The number of hydrogen-bond acceptors (Lipinski definition) is 4. The third-order valence-corrected chi connectivity index (χ3v) is 9.55. The van der Waals surface area contributed by atoms with Crippen molar-refractivity contribution in [3.8, 4) is 0 Å². The molecule has 2 N–H and O–H groups in total. The van der Waals surface area contributed by atoms with Crippen LogP contribution < -0.4 is 0 Å². The summed E-state index contributed by atoms with van der Waals surface area (Å²) >= 11 is 0. The van der Waals surface area contributed by atoms with E-state index < -0.39 is 5.97 Å². The Morgan fingerprint density at radius 3 is 1.19 bits per heavy atom. The number of unbranched alkanes of at least 4 members (excludes halogenated alkanes) is 27. The van der Waals surface area contributed by atoms with Crippen molar-refractivity contribution in [2.45, 2.75) is 232 Å². The summed E-state index contributed by atoms with van der Waals surface area (Å²) < 4.78 is 5.03. The highest BCUT2D eigenvalue weighted by Crippen LogP contribution is 2.21. The molecule has 0 bridgehead atoms. The van der Waals surface area contributed by atoms with Crippen molar-refractivity contribution >= 4 is 11.9 Å². The van der Waals surface area contributed by atoms with Gasteiger partial charge in [-0.15, -0.1) is 0 Å². The maximum absolute atomic E-state index is 12.0. The first kappa shape index (κ1) is 48.8. The zero-order valence-corrected chi connectivity index (χ0v) is 32.6. The first-order valence-electron chi connectivity index (χ1n) is 21.1. The third-order valence-electron chi connectivity index (χ3n) is 9.55. The Kier molecular flexibility index (Phi) is 44.3. The Morgan fingerprint density at radius 1 is 0.500 bits per heavy atom. The number of rotatable bonds is 37. The van der Waals surface area contributed by atoms with E-state index in [-0.39, 0.29) is 11.9 Å². The molecular weight excluding hydrogens is 596 g/mol. The van der Waals surface area contributed by atoms with Gasteiger partial charge < -0.3 is 14.9 Å². The summed E-state index contributed by atoms with van der Waals surface area (Å²) in [5.74, 6) is -0.537. The van der Waals surface area contributed by atoms with Crippen LogP contribution in [-0.2, 0) is 14.3 Å². The van der Waals surface area contributed by atoms with Crippen molar-refractivity contribution in [1.82, 2.24) is 0 Å². The molecule has 0 aromatic rings. The monoisotopic (exact) mass is 681 g/mol. The molecule has 48 heavy (non-hydrogen) atoms. The van der Waals surface area contributed by atoms with E-state index >= 15 is 0 Å². The maximum atomic E-state index is 12.0. The second-order valence-corrected chi connectivity index (χ2v) is 14.3. The van der Waals surface area contributed by atoms with Gasteiger partial charge in [-0.2, -0.15) is 0 Å².